The minimum absolute atomic E-state index is 0.00859. The van der Waals surface area contributed by atoms with Gasteiger partial charge in [-0.05, 0) is 34.1 Å². The summed E-state index contributed by atoms with van der Waals surface area (Å²) in [7, 11) is 0. The van der Waals surface area contributed by atoms with Crippen molar-refractivity contribution in [2.45, 2.75) is 78.9 Å². The number of carbonyl (C=O) groups excluding carboxylic acids is 3. The Kier molecular flexibility index (Phi) is 12.6. The topological polar surface area (TPSA) is 94.6 Å². The highest BCUT2D eigenvalue weighted by Gasteiger charge is 2.32. The first-order valence-corrected chi connectivity index (χ1v) is 10.9. The second-order valence-electron chi connectivity index (χ2n) is 7.39. The lowest BCUT2D eigenvalue weighted by molar-refractivity contribution is -0.377. The molecule has 1 saturated heterocycles. The van der Waals surface area contributed by atoms with Crippen molar-refractivity contribution in [3.8, 4) is 0 Å². The molecule has 1 fully saturated rings. The summed E-state index contributed by atoms with van der Waals surface area (Å²) in [6.07, 6.45) is 2.56. The standard InChI is InChI=1S/C21H38N2O7/c1-6-9-10-11-18(24)23(15-21-29-17(5)30-21)12-16(4)22(13-19(25)27-7-2)14-20(26)28-8-3/h16-17,21H,6-15H2,1-5H3. The Balaban J connectivity index is 2.80. The lowest BCUT2D eigenvalue weighted by Crippen LogP contribution is -2.53. The van der Waals surface area contributed by atoms with E-state index in [0.717, 1.165) is 19.3 Å². The van der Waals surface area contributed by atoms with Crippen LogP contribution in [0.25, 0.3) is 0 Å². The summed E-state index contributed by atoms with van der Waals surface area (Å²) in [6.45, 7) is 10.3. The third-order valence-corrected chi connectivity index (χ3v) is 4.79. The molecule has 1 atom stereocenters. The fourth-order valence-corrected chi connectivity index (χ4v) is 3.21. The molecule has 9 nitrogen and oxygen atoms in total. The Morgan fingerprint density at radius 1 is 0.967 bits per heavy atom. The van der Waals surface area contributed by atoms with Crippen molar-refractivity contribution in [1.29, 1.82) is 0 Å². The molecule has 9 heteroatoms. The molecule has 0 bridgehead atoms. The lowest BCUT2D eigenvalue weighted by Gasteiger charge is -2.39. The van der Waals surface area contributed by atoms with E-state index in [0.29, 0.717) is 19.5 Å². The summed E-state index contributed by atoms with van der Waals surface area (Å²) < 4.78 is 21.1. The van der Waals surface area contributed by atoms with Crippen LogP contribution in [0.3, 0.4) is 0 Å². The van der Waals surface area contributed by atoms with Crippen molar-refractivity contribution in [2.75, 3.05) is 39.4 Å². The number of esters is 2. The molecule has 1 unspecified atom stereocenters. The molecule has 30 heavy (non-hydrogen) atoms. The van der Waals surface area contributed by atoms with Gasteiger partial charge >= 0.3 is 11.9 Å². The van der Waals surface area contributed by atoms with E-state index >= 15 is 0 Å². The summed E-state index contributed by atoms with van der Waals surface area (Å²) >= 11 is 0. The summed E-state index contributed by atoms with van der Waals surface area (Å²) in [5.74, 6) is -0.836. The smallest absolute Gasteiger partial charge is 0.320 e. The van der Waals surface area contributed by atoms with Gasteiger partial charge in [0.2, 0.25) is 5.91 Å². The second-order valence-corrected chi connectivity index (χ2v) is 7.39. The average Bonchev–Trinajstić information content (AvgIpc) is 2.66. The van der Waals surface area contributed by atoms with E-state index in [2.05, 4.69) is 6.92 Å². The first-order valence-electron chi connectivity index (χ1n) is 10.9. The van der Waals surface area contributed by atoms with Crippen LogP contribution in [0, 0.1) is 0 Å². The van der Waals surface area contributed by atoms with Gasteiger partial charge in [0.15, 0.2) is 12.6 Å². The van der Waals surface area contributed by atoms with Crippen LogP contribution in [0.4, 0.5) is 0 Å². The Labute approximate surface area is 179 Å². The van der Waals surface area contributed by atoms with Crippen LogP contribution < -0.4 is 0 Å². The largest absolute Gasteiger partial charge is 0.465 e. The molecule has 1 amide bonds. The van der Waals surface area contributed by atoms with Crippen molar-refractivity contribution < 1.29 is 33.3 Å². The van der Waals surface area contributed by atoms with Crippen molar-refractivity contribution in [3.63, 3.8) is 0 Å². The number of unbranched alkanes of at least 4 members (excludes halogenated alkanes) is 2. The Morgan fingerprint density at radius 3 is 2.00 bits per heavy atom. The van der Waals surface area contributed by atoms with Crippen LogP contribution in [0.1, 0.15) is 60.3 Å². The van der Waals surface area contributed by atoms with Crippen molar-refractivity contribution in [1.82, 2.24) is 9.80 Å². The van der Waals surface area contributed by atoms with Crippen molar-refractivity contribution >= 4 is 17.8 Å². The normalized spacial score (nSPS) is 19.1. The third-order valence-electron chi connectivity index (χ3n) is 4.79. The van der Waals surface area contributed by atoms with Gasteiger partial charge in [-0.1, -0.05) is 19.8 Å². The van der Waals surface area contributed by atoms with Crippen molar-refractivity contribution in [2.24, 2.45) is 0 Å². The molecule has 0 spiro atoms. The number of carbonyl (C=O) groups is 3. The molecule has 1 rings (SSSR count). The van der Waals surface area contributed by atoms with E-state index in [1.54, 1.807) is 30.6 Å². The molecule has 0 aromatic carbocycles. The first-order chi connectivity index (χ1) is 14.3. The molecular formula is C21H38N2O7. The molecule has 1 heterocycles. The lowest BCUT2D eigenvalue weighted by atomic mass is 10.1. The van der Waals surface area contributed by atoms with Crippen LogP contribution in [0.2, 0.25) is 0 Å². The van der Waals surface area contributed by atoms with Gasteiger partial charge in [0.25, 0.3) is 0 Å². The number of hydrogen-bond acceptors (Lipinski definition) is 8. The predicted molar refractivity (Wildman–Crippen MR) is 110 cm³/mol. The monoisotopic (exact) mass is 430 g/mol. The van der Waals surface area contributed by atoms with Gasteiger partial charge in [-0.3, -0.25) is 19.3 Å². The zero-order chi connectivity index (χ0) is 22.5. The Morgan fingerprint density at radius 2 is 1.53 bits per heavy atom. The molecule has 1 aliphatic heterocycles. The van der Waals surface area contributed by atoms with Crippen LogP contribution in [0.5, 0.6) is 0 Å². The highest BCUT2D eigenvalue weighted by atomic mass is 16.9. The minimum Gasteiger partial charge on any atom is -0.465 e. The third kappa shape index (κ3) is 9.86. The molecule has 0 aliphatic carbocycles. The Bertz CT molecular complexity index is 517. The maximum atomic E-state index is 12.8. The number of rotatable bonds is 15. The molecule has 0 aromatic heterocycles. The zero-order valence-corrected chi connectivity index (χ0v) is 19.1. The second kappa shape index (κ2) is 14.3. The molecule has 0 aromatic rings. The average molecular weight is 431 g/mol. The Hall–Kier alpha value is -1.71. The fourth-order valence-electron chi connectivity index (χ4n) is 3.21. The van der Waals surface area contributed by atoms with Crippen molar-refractivity contribution in [3.05, 3.63) is 0 Å². The van der Waals surface area contributed by atoms with Gasteiger partial charge in [0.1, 0.15) is 0 Å². The van der Waals surface area contributed by atoms with E-state index in [9.17, 15) is 14.4 Å². The van der Waals surface area contributed by atoms with Gasteiger partial charge in [-0.2, -0.15) is 0 Å². The highest BCUT2D eigenvalue weighted by Crippen LogP contribution is 2.18. The maximum Gasteiger partial charge on any atom is 0.320 e. The minimum atomic E-state index is -0.453. The van der Waals surface area contributed by atoms with E-state index in [-0.39, 0.29) is 44.5 Å². The zero-order valence-electron chi connectivity index (χ0n) is 19.1. The van der Waals surface area contributed by atoms with E-state index in [4.69, 9.17) is 18.9 Å². The molecular weight excluding hydrogens is 392 g/mol. The predicted octanol–water partition coefficient (Wildman–Crippen LogP) is 1.93. The number of ether oxygens (including phenoxy) is 4. The van der Waals surface area contributed by atoms with Crippen LogP contribution in [0.15, 0.2) is 0 Å². The van der Waals surface area contributed by atoms with Crippen LogP contribution in [-0.4, -0.2) is 85.7 Å². The molecule has 0 N–H and O–H groups in total. The van der Waals surface area contributed by atoms with Gasteiger partial charge < -0.3 is 23.8 Å². The molecule has 1 aliphatic rings. The van der Waals surface area contributed by atoms with Gasteiger partial charge in [-0.15, -0.1) is 0 Å². The maximum absolute atomic E-state index is 12.8. The first kappa shape index (κ1) is 26.3. The van der Waals surface area contributed by atoms with E-state index in [1.165, 1.54) is 0 Å². The summed E-state index contributed by atoms with van der Waals surface area (Å²) in [4.78, 5) is 40.2. The van der Waals surface area contributed by atoms with Crippen LogP contribution in [-0.2, 0) is 33.3 Å². The molecule has 0 saturated carbocycles. The number of nitrogens with zero attached hydrogens (tertiary/aromatic N) is 2. The quantitative estimate of drug-likeness (QED) is 0.287. The summed E-state index contributed by atoms with van der Waals surface area (Å²) in [5.41, 5.74) is 0. The number of amides is 1. The van der Waals surface area contributed by atoms with Gasteiger partial charge in [-0.25, -0.2) is 0 Å². The van der Waals surface area contributed by atoms with E-state index < -0.39 is 18.2 Å². The van der Waals surface area contributed by atoms with Gasteiger partial charge in [0.05, 0.1) is 32.8 Å². The summed E-state index contributed by atoms with van der Waals surface area (Å²) in [5, 5.41) is 0. The molecule has 0 radical (unpaired) electrons. The van der Waals surface area contributed by atoms with Gasteiger partial charge in [0, 0.05) is 19.0 Å². The van der Waals surface area contributed by atoms with Crippen LogP contribution >= 0.6 is 0 Å². The summed E-state index contributed by atoms with van der Waals surface area (Å²) in [6, 6.07) is -0.272. The number of hydrogen-bond donors (Lipinski definition) is 0. The van der Waals surface area contributed by atoms with E-state index in [1.807, 2.05) is 6.92 Å². The SMILES string of the molecule is CCCCCC(=O)N(CC1OC(C)O1)CC(C)N(CC(=O)OCC)CC(=O)OCC. The highest BCUT2D eigenvalue weighted by molar-refractivity contribution is 5.76. The fraction of sp³-hybridized carbons (Fsp3) is 0.857. The molecule has 174 valence electrons.